The average Bonchev–Trinajstić information content (AvgIpc) is 2.18. The first-order valence-corrected chi connectivity index (χ1v) is 4.63. The molecule has 1 atom stereocenters. The molecule has 14 heavy (non-hydrogen) atoms. The van der Waals surface area contributed by atoms with E-state index in [2.05, 4.69) is 0 Å². The molecule has 0 heterocycles. The second kappa shape index (κ2) is 4.81. The second-order valence-corrected chi connectivity index (χ2v) is 3.15. The maximum absolute atomic E-state index is 10.6. The Morgan fingerprint density at radius 1 is 1.57 bits per heavy atom. The van der Waals surface area contributed by atoms with Gasteiger partial charge >= 0.3 is 5.69 Å². The van der Waals surface area contributed by atoms with E-state index in [9.17, 15) is 10.1 Å². The SMILES string of the molecule is CCC(Cl)Oc1ccccc1[N+](=O)[O-]. The number of hydrogen-bond donors (Lipinski definition) is 0. The molecule has 0 saturated carbocycles. The first-order chi connectivity index (χ1) is 6.65. The Balaban J connectivity index is 2.90. The lowest BCUT2D eigenvalue weighted by atomic mass is 10.3. The van der Waals surface area contributed by atoms with Gasteiger partial charge in [0.05, 0.1) is 4.92 Å². The molecular weight excluding hydrogens is 206 g/mol. The fourth-order valence-corrected chi connectivity index (χ4v) is 1.02. The summed E-state index contributed by atoms with van der Waals surface area (Å²) in [5.74, 6) is 0.208. The molecule has 4 nitrogen and oxygen atoms in total. The number of alkyl halides is 1. The number of rotatable bonds is 4. The topological polar surface area (TPSA) is 52.4 Å². The van der Waals surface area contributed by atoms with Crippen LogP contribution >= 0.6 is 11.6 Å². The van der Waals surface area contributed by atoms with Crippen molar-refractivity contribution in [3.63, 3.8) is 0 Å². The molecule has 0 aliphatic carbocycles. The summed E-state index contributed by atoms with van der Waals surface area (Å²) in [5, 5.41) is 10.6. The van der Waals surface area contributed by atoms with Crippen molar-refractivity contribution >= 4 is 17.3 Å². The molecule has 0 amide bonds. The number of nitro groups is 1. The van der Waals surface area contributed by atoms with E-state index in [0.717, 1.165) is 0 Å². The minimum absolute atomic E-state index is 0.0633. The average molecular weight is 216 g/mol. The fraction of sp³-hybridized carbons (Fsp3) is 0.333. The summed E-state index contributed by atoms with van der Waals surface area (Å²) >= 11 is 5.73. The van der Waals surface area contributed by atoms with E-state index in [1.807, 2.05) is 6.92 Å². The van der Waals surface area contributed by atoms with Crippen molar-refractivity contribution in [3.8, 4) is 5.75 Å². The molecule has 0 spiro atoms. The minimum Gasteiger partial charge on any atom is -0.468 e. The maximum Gasteiger partial charge on any atom is 0.310 e. The predicted molar refractivity (Wildman–Crippen MR) is 53.7 cm³/mol. The summed E-state index contributed by atoms with van der Waals surface area (Å²) in [4.78, 5) is 10.1. The zero-order chi connectivity index (χ0) is 10.6. The van der Waals surface area contributed by atoms with E-state index in [0.29, 0.717) is 6.42 Å². The Hall–Kier alpha value is -1.29. The van der Waals surface area contributed by atoms with Crippen LogP contribution in [-0.2, 0) is 0 Å². The summed E-state index contributed by atoms with van der Waals surface area (Å²) in [5.41, 5.74) is -0.595. The van der Waals surface area contributed by atoms with E-state index in [4.69, 9.17) is 16.3 Å². The molecule has 5 heteroatoms. The predicted octanol–water partition coefficient (Wildman–Crippen LogP) is 2.95. The van der Waals surface area contributed by atoms with Crippen LogP contribution in [0, 0.1) is 10.1 Å². The summed E-state index contributed by atoms with van der Waals surface area (Å²) in [6.07, 6.45) is 0.591. The van der Waals surface area contributed by atoms with Crippen molar-refractivity contribution < 1.29 is 9.66 Å². The molecule has 1 aromatic carbocycles. The molecule has 1 unspecified atom stereocenters. The van der Waals surface area contributed by atoms with Gasteiger partial charge in [-0.2, -0.15) is 0 Å². The number of benzene rings is 1. The van der Waals surface area contributed by atoms with Gasteiger partial charge in [0.15, 0.2) is 11.3 Å². The summed E-state index contributed by atoms with van der Waals surface area (Å²) in [7, 11) is 0. The summed E-state index contributed by atoms with van der Waals surface area (Å²) in [6.45, 7) is 1.84. The van der Waals surface area contributed by atoms with Gasteiger partial charge in [-0.3, -0.25) is 10.1 Å². The van der Waals surface area contributed by atoms with E-state index < -0.39 is 10.5 Å². The van der Waals surface area contributed by atoms with Gasteiger partial charge in [0.1, 0.15) is 0 Å². The third kappa shape index (κ3) is 2.60. The Bertz CT molecular complexity index is 330. The van der Waals surface area contributed by atoms with Crippen molar-refractivity contribution in [3.05, 3.63) is 34.4 Å². The van der Waals surface area contributed by atoms with Gasteiger partial charge in [-0.15, -0.1) is 0 Å². The number of halogens is 1. The van der Waals surface area contributed by atoms with Crippen LogP contribution in [0.1, 0.15) is 13.3 Å². The molecule has 0 aliphatic rings. The van der Waals surface area contributed by atoms with E-state index >= 15 is 0 Å². The molecule has 1 rings (SSSR count). The number of nitrogens with zero attached hydrogens (tertiary/aromatic N) is 1. The number of hydrogen-bond acceptors (Lipinski definition) is 3. The van der Waals surface area contributed by atoms with Crippen molar-refractivity contribution in [1.82, 2.24) is 0 Å². The lowest BCUT2D eigenvalue weighted by molar-refractivity contribution is -0.386. The molecule has 0 aliphatic heterocycles. The van der Waals surface area contributed by atoms with Gasteiger partial charge in [-0.05, 0) is 12.5 Å². The molecule has 0 saturated heterocycles. The molecule has 0 radical (unpaired) electrons. The monoisotopic (exact) mass is 215 g/mol. The highest BCUT2D eigenvalue weighted by atomic mass is 35.5. The Morgan fingerprint density at radius 2 is 2.21 bits per heavy atom. The van der Waals surface area contributed by atoms with Crippen molar-refractivity contribution in [2.45, 2.75) is 18.9 Å². The largest absolute Gasteiger partial charge is 0.468 e. The second-order valence-electron chi connectivity index (χ2n) is 2.66. The van der Waals surface area contributed by atoms with Gasteiger partial charge in [0.2, 0.25) is 0 Å². The Kier molecular flexibility index (Phi) is 3.71. The van der Waals surface area contributed by atoms with Crippen LogP contribution in [0.15, 0.2) is 24.3 Å². The van der Waals surface area contributed by atoms with Gasteiger partial charge in [-0.1, -0.05) is 30.7 Å². The zero-order valence-corrected chi connectivity index (χ0v) is 8.40. The van der Waals surface area contributed by atoms with Crippen LogP contribution < -0.4 is 4.74 Å². The lowest BCUT2D eigenvalue weighted by Gasteiger charge is -2.09. The van der Waals surface area contributed by atoms with Crippen LogP contribution in [0.2, 0.25) is 0 Å². The molecule has 0 aromatic heterocycles. The highest BCUT2D eigenvalue weighted by molar-refractivity contribution is 6.19. The molecular formula is C9H10ClNO3. The molecule has 0 bridgehead atoms. The third-order valence-corrected chi connectivity index (χ3v) is 2.04. The van der Waals surface area contributed by atoms with Gasteiger partial charge in [-0.25, -0.2) is 0 Å². The molecule has 1 aromatic rings. The fourth-order valence-electron chi connectivity index (χ4n) is 0.929. The highest BCUT2D eigenvalue weighted by Crippen LogP contribution is 2.27. The zero-order valence-electron chi connectivity index (χ0n) is 7.64. The maximum atomic E-state index is 10.6. The lowest BCUT2D eigenvalue weighted by Crippen LogP contribution is -2.07. The molecule has 0 fully saturated rings. The van der Waals surface area contributed by atoms with E-state index in [1.54, 1.807) is 12.1 Å². The van der Waals surface area contributed by atoms with Gasteiger partial charge in [0, 0.05) is 6.07 Å². The standard InChI is InChI=1S/C9H10ClNO3/c1-2-9(10)14-8-6-4-3-5-7(8)11(12)13/h3-6,9H,2H2,1H3. The first kappa shape index (κ1) is 10.8. The Morgan fingerprint density at radius 3 is 2.79 bits per heavy atom. The smallest absolute Gasteiger partial charge is 0.310 e. The quantitative estimate of drug-likeness (QED) is 0.441. The number of nitro benzene ring substituents is 1. The molecule has 0 N–H and O–H groups in total. The summed E-state index contributed by atoms with van der Waals surface area (Å²) < 4.78 is 5.18. The third-order valence-electron chi connectivity index (χ3n) is 1.64. The van der Waals surface area contributed by atoms with Crippen LogP contribution in [0.5, 0.6) is 5.75 Å². The van der Waals surface area contributed by atoms with Crippen LogP contribution in [0.3, 0.4) is 0 Å². The first-order valence-electron chi connectivity index (χ1n) is 4.19. The van der Waals surface area contributed by atoms with Crippen LogP contribution in [0.4, 0.5) is 5.69 Å². The summed E-state index contributed by atoms with van der Waals surface area (Å²) in [6, 6.07) is 6.17. The van der Waals surface area contributed by atoms with Crippen molar-refractivity contribution in [2.75, 3.05) is 0 Å². The number of para-hydroxylation sites is 2. The van der Waals surface area contributed by atoms with Crippen LogP contribution in [-0.4, -0.2) is 10.5 Å². The normalized spacial score (nSPS) is 12.1. The van der Waals surface area contributed by atoms with E-state index in [1.165, 1.54) is 12.1 Å². The highest BCUT2D eigenvalue weighted by Gasteiger charge is 2.15. The van der Waals surface area contributed by atoms with Gasteiger partial charge < -0.3 is 4.74 Å². The Labute approximate surface area is 86.6 Å². The van der Waals surface area contributed by atoms with Crippen molar-refractivity contribution in [2.24, 2.45) is 0 Å². The van der Waals surface area contributed by atoms with Crippen molar-refractivity contribution in [1.29, 1.82) is 0 Å². The molecule has 76 valence electrons. The van der Waals surface area contributed by atoms with Crippen LogP contribution in [0.25, 0.3) is 0 Å². The van der Waals surface area contributed by atoms with E-state index in [-0.39, 0.29) is 11.4 Å². The minimum atomic E-state index is -0.531. The van der Waals surface area contributed by atoms with Gasteiger partial charge in [0.25, 0.3) is 0 Å². The number of ether oxygens (including phenoxy) is 1.